The molecule has 3 N–H and O–H groups in total. The third kappa shape index (κ3) is 4.25. The maximum Gasteiger partial charge on any atom is 0.340 e. The van der Waals surface area contributed by atoms with Gasteiger partial charge in [0.1, 0.15) is 5.76 Å². The third-order valence-electron chi connectivity index (χ3n) is 3.48. The van der Waals surface area contributed by atoms with Gasteiger partial charge < -0.3 is 24.8 Å². The Labute approximate surface area is 138 Å². The largest absolute Gasteiger partial charge is 0.467 e. The zero-order chi connectivity index (χ0) is 17.7. The van der Waals surface area contributed by atoms with Crippen molar-refractivity contribution in [2.24, 2.45) is 5.73 Å². The Kier molecular flexibility index (Phi) is 5.41. The molecule has 0 aliphatic heterocycles. The molecule has 24 heavy (non-hydrogen) atoms. The fourth-order valence-corrected chi connectivity index (χ4v) is 2.26. The van der Waals surface area contributed by atoms with Crippen molar-refractivity contribution in [3.63, 3.8) is 0 Å². The first-order valence-electron chi connectivity index (χ1n) is 7.29. The van der Waals surface area contributed by atoms with E-state index >= 15 is 0 Å². The van der Waals surface area contributed by atoms with E-state index in [2.05, 4.69) is 5.32 Å². The Morgan fingerprint density at radius 2 is 2.08 bits per heavy atom. The number of aryl methyl sites for hydroxylation is 1. The number of furan rings is 1. The first-order chi connectivity index (χ1) is 11.4. The first kappa shape index (κ1) is 17.3. The summed E-state index contributed by atoms with van der Waals surface area (Å²) in [5, 5.41) is 2.24. The van der Waals surface area contributed by atoms with Gasteiger partial charge in [-0.15, -0.1) is 0 Å². The van der Waals surface area contributed by atoms with E-state index in [1.54, 1.807) is 25.3 Å². The number of esters is 1. The number of aromatic nitrogens is 1. The lowest BCUT2D eigenvalue weighted by Crippen LogP contribution is -2.36. The molecule has 0 bridgehead atoms. The van der Waals surface area contributed by atoms with E-state index in [9.17, 15) is 14.4 Å². The van der Waals surface area contributed by atoms with Crippen LogP contribution in [0, 0.1) is 13.8 Å². The zero-order valence-corrected chi connectivity index (χ0v) is 13.5. The highest BCUT2D eigenvalue weighted by atomic mass is 16.5. The van der Waals surface area contributed by atoms with E-state index in [4.69, 9.17) is 14.9 Å². The van der Waals surface area contributed by atoms with Crippen LogP contribution >= 0.6 is 0 Å². The molecular formula is C16H19N3O5. The van der Waals surface area contributed by atoms with Crippen molar-refractivity contribution in [1.29, 1.82) is 0 Å². The minimum Gasteiger partial charge on any atom is -0.467 e. The molecule has 0 atom stereocenters. The Bertz CT molecular complexity index is 746. The van der Waals surface area contributed by atoms with E-state index in [1.165, 1.54) is 0 Å². The van der Waals surface area contributed by atoms with Crippen molar-refractivity contribution in [3.8, 4) is 0 Å². The van der Waals surface area contributed by atoms with Crippen LogP contribution in [0.5, 0.6) is 0 Å². The lowest BCUT2D eigenvalue weighted by Gasteiger charge is -2.08. The summed E-state index contributed by atoms with van der Waals surface area (Å²) in [7, 11) is 0. The predicted octanol–water partition coefficient (Wildman–Crippen LogP) is 0.505. The van der Waals surface area contributed by atoms with Gasteiger partial charge in [0.15, 0.2) is 6.61 Å². The van der Waals surface area contributed by atoms with Crippen LogP contribution in [-0.4, -0.2) is 35.5 Å². The average Bonchev–Trinajstić information content (AvgIpc) is 3.14. The number of nitrogens with two attached hydrogens (primary N) is 1. The Hall–Kier alpha value is -3.03. The molecule has 2 aromatic rings. The standard InChI is InChI=1S/C16H19N3O5/c1-10-6-13(11(2)19(10)8-12-4-3-5-23-12)16(22)24-9-15(21)18-7-14(17)20/h3-6H,7-9H2,1-2H3,(H2,17,20)(H,18,21). The molecule has 0 spiro atoms. The van der Waals surface area contributed by atoms with Gasteiger partial charge in [0.2, 0.25) is 5.91 Å². The van der Waals surface area contributed by atoms with Gasteiger partial charge in [-0.1, -0.05) is 0 Å². The van der Waals surface area contributed by atoms with Crippen LogP contribution in [-0.2, 0) is 20.9 Å². The molecule has 0 unspecified atom stereocenters. The summed E-state index contributed by atoms with van der Waals surface area (Å²) < 4.78 is 12.2. The normalized spacial score (nSPS) is 10.4. The monoisotopic (exact) mass is 333 g/mol. The van der Waals surface area contributed by atoms with Gasteiger partial charge >= 0.3 is 5.97 Å². The highest BCUT2D eigenvalue weighted by molar-refractivity contribution is 5.93. The van der Waals surface area contributed by atoms with Crippen molar-refractivity contribution in [3.05, 3.63) is 47.2 Å². The number of hydrogen-bond donors (Lipinski definition) is 2. The predicted molar refractivity (Wildman–Crippen MR) is 84.2 cm³/mol. The molecule has 0 aliphatic rings. The summed E-state index contributed by atoms with van der Waals surface area (Å²) in [5.74, 6) is -1.10. The molecule has 8 nitrogen and oxygen atoms in total. The molecule has 2 amide bonds. The number of nitrogens with one attached hydrogen (secondary N) is 1. The highest BCUT2D eigenvalue weighted by Crippen LogP contribution is 2.18. The number of nitrogens with zero attached hydrogens (tertiary/aromatic N) is 1. The van der Waals surface area contributed by atoms with Crippen LogP contribution in [0.25, 0.3) is 0 Å². The van der Waals surface area contributed by atoms with Crippen LogP contribution in [0.1, 0.15) is 27.5 Å². The van der Waals surface area contributed by atoms with Crippen LogP contribution in [0.4, 0.5) is 0 Å². The summed E-state index contributed by atoms with van der Waals surface area (Å²) in [6.07, 6.45) is 1.59. The second kappa shape index (κ2) is 7.49. The number of amides is 2. The molecule has 0 saturated carbocycles. The summed E-state index contributed by atoms with van der Waals surface area (Å²) >= 11 is 0. The first-order valence-corrected chi connectivity index (χ1v) is 7.29. The molecule has 0 aliphatic carbocycles. The lowest BCUT2D eigenvalue weighted by atomic mass is 10.2. The van der Waals surface area contributed by atoms with Gasteiger partial charge in [-0.05, 0) is 32.0 Å². The SMILES string of the molecule is Cc1cc(C(=O)OCC(=O)NCC(N)=O)c(C)n1Cc1ccco1. The molecular weight excluding hydrogens is 314 g/mol. The van der Waals surface area contributed by atoms with Crippen molar-refractivity contribution in [1.82, 2.24) is 9.88 Å². The second-order valence-electron chi connectivity index (χ2n) is 5.27. The van der Waals surface area contributed by atoms with Crippen LogP contribution in [0.15, 0.2) is 28.9 Å². The van der Waals surface area contributed by atoms with Crippen molar-refractivity contribution in [2.45, 2.75) is 20.4 Å². The third-order valence-corrected chi connectivity index (χ3v) is 3.48. The molecule has 0 saturated heterocycles. The highest BCUT2D eigenvalue weighted by Gasteiger charge is 2.18. The number of carbonyl (C=O) groups excluding carboxylic acids is 3. The van der Waals surface area contributed by atoms with E-state index in [0.29, 0.717) is 17.8 Å². The van der Waals surface area contributed by atoms with Gasteiger partial charge in [0, 0.05) is 11.4 Å². The fraction of sp³-hybridized carbons (Fsp3) is 0.312. The number of ether oxygens (including phenoxy) is 1. The second-order valence-corrected chi connectivity index (χ2v) is 5.27. The quantitative estimate of drug-likeness (QED) is 0.716. The Morgan fingerprint density at radius 3 is 2.71 bits per heavy atom. The Morgan fingerprint density at radius 1 is 1.33 bits per heavy atom. The molecule has 2 aromatic heterocycles. The van der Waals surface area contributed by atoms with Gasteiger partial charge in [0.25, 0.3) is 5.91 Å². The van der Waals surface area contributed by atoms with Gasteiger partial charge in [0.05, 0.1) is 24.9 Å². The smallest absolute Gasteiger partial charge is 0.340 e. The maximum absolute atomic E-state index is 12.1. The maximum atomic E-state index is 12.1. The number of rotatable bonds is 7. The van der Waals surface area contributed by atoms with E-state index in [-0.39, 0.29) is 6.54 Å². The minimum atomic E-state index is -0.670. The topological polar surface area (TPSA) is 117 Å². The van der Waals surface area contributed by atoms with Crippen molar-refractivity contribution >= 4 is 17.8 Å². The fourth-order valence-electron chi connectivity index (χ4n) is 2.26. The summed E-state index contributed by atoms with van der Waals surface area (Å²) in [5.41, 5.74) is 6.87. The van der Waals surface area contributed by atoms with Gasteiger partial charge in [-0.2, -0.15) is 0 Å². The van der Waals surface area contributed by atoms with E-state index < -0.39 is 24.4 Å². The van der Waals surface area contributed by atoms with Gasteiger partial charge in [-0.3, -0.25) is 9.59 Å². The van der Waals surface area contributed by atoms with Crippen LogP contribution < -0.4 is 11.1 Å². The Balaban J connectivity index is 2.00. The molecule has 0 aromatic carbocycles. The van der Waals surface area contributed by atoms with Gasteiger partial charge in [-0.25, -0.2) is 4.79 Å². The summed E-state index contributed by atoms with van der Waals surface area (Å²) in [4.78, 5) is 34.2. The molecule has 2 rings (SSSR count). The summed E-state index contributed by atoms with van der Waals surface area (Å²) in [6.45, 7) is 3.38. The van der Waals surface area contributed by atoms with Crippen LogP contribution in [0.3, 0.4) is 0 Å². The molecule has 2 heterocycles. The number of primary amides is 1. The molecule has 0 radical (unpaired) electrons. The van der Waals surface area contributed by atoms with Crippen molar-refractivity contribution < 1.29 is 23.5 Å². The average molecular weight is 333 g/mol. The lowest BCUT2D eigenvalue weighted by molar-refractivity contribution is -0.127. The van der Waals surface area contributed by atoms with Crippen molar-refractivity contribution in [2.75, 3.05) is 13.2 Å². The number of hydrogen-bond acceptors (Lipinski definition) is 5. The van der Waals surface area contributed by atoms with E-state index in [1.807, 2.05) is 17.6 Å². The zero-order valence-electron chi connectivity index (χ0n) is 13.5. The van der Waals surface area contributed by atoms with E-state index in [0.717, 1.165) is 11.5 Å². The van der Waals surface area contributed by atoms with Crippen LogP contribution in [0.2, 0.25) is 0 Å². The minimum absolute atomic E-state index is 0.298. The summed E-state index contributed by atoms with van der Waals surface area (Å²) in [6, 6.07) is 5.34. The molecule has 0 fully saturated rings. The number of carbonyl (C=O) groups is 3. The molecule has 8 heteroatoms. The molecule has 128 valence electrons.